The van der Waals surface area contributed by atoms with Gasteiger partial charge in [-0.25, -0.2) is 0 Å². The molecule has 0 aliphatic rings. The number of nitrogens with two attached hydrogens (primary N) is 2. The molecular weight excluding hydrogens is 352 g/mol. The summed E-state index contributed by atoms with van der Waals surface area (Å²) >= 11 is 0. The van der Waals surface area contributed by atoms with Crippen LogP contribution in [0.1, 0.15) is 55.5 Å². The molecule has 0 unspecified atom stereocenters. The Bertz CT molecular complexity index is 981. The van der Waals surface area contributed by atoms with E-state index in [1.165, 1.54) is 50.1 Å². The lowest BCUT2D eigenvalue weighted by Gasteiger charge is -2.19. The second-order valence-corrected chi connectivity index (χ2v) is 7.83. The van der Waals surface area contributed by atoms with Crippen LogP contribution >= 0.6 is 0 Å². The van der Waals surface area contributed by atoms with E-state index in [2.05, 4.69) is 77.1 Å². The highest BCUT2D eigenvalue weighted by Gasteiger charge is 2.16. The lowest BCUT2D eigenvalue weighted by Crippen LogP contribution is -2.02. The van der Waals surface area contributed by atoms with Crippen LogP contribution in [0.2, 0.25) is 0 Å². The van der Waals surface area contributed by atoms with Crippen molar-refractivity contribution in [1.82, 2.24) is 0 Å². The fourth-order valence-electron chi connectivity index (χ4n) is 4.32. The Balaban J connectivity index is 2.31. The van der Waals surface area contributed by atoms with Gasteiger partial charge in [0.1, 0.15) is 0 Å². The first kappa shape index (κ1) is 21.0. The molecule has 0 aliphatic heterocycles. The molecule has 0 aliphatic carbocycles. The van der Waals surface area contributed by atoms with Crippen molar-refractivity contribution in [3.63, 3.8) is 0 Å². The van der Waals surface area contributed by atoms with Crippen molar-refractivity contribution in [3.05, 3.63) is 70.3 Å². The second kappa shape index (κ2) is 8.73. The summed E-state index contributed by atoms with van der Waals surface area (Å²) in [6, 6.07) is 15.7. The summed E-state index contributed by atoms with van der Waals surface area (Å²) in [6.45, 7) is 10.9. The summed E-state index contributed by atoms with van der Waals surface area (Å²) in [7, 11) is 0. The maximum Gasteiger partial charge on any atom is 0.0379 e. The SMILES string of the molecule is CCc1cc(-c2cccc(C)c2-c2cc(CC)c(N)c(CC)c2)cc(CC)c1N. The molecule has 0 saturated carbocycles. The second-order valence-electron chi connectivity index (χ2n) is 7.83. The van der Waals surface area contributed by atoms with Crippen LogP contribution in [0, 0.1) is 6.92 Å². The molecule has 152 valence electrons. The van der Waals surface area contributed by atoms with Gasteiger partial charge in [-0.15, -0.1) is 0 Å². The average Bonchev–Trinajstić information content (AvgIpc) is 2.74. The monoisotopic (exact) mass is 386 g/mol. The largest absolute Gasteiger partial charge is 0.398 e. The fourth-order valence-corrected chi connectivity index (χ4v) is 4.32. The van der Waals surface area contributed by atoms with Gasteiger partial charge in [0.05, 0.1) is 0 Å². The lowest BCUT2D eigenvalue weighted by atomic mass is 9.86. The summed E-state index contributed by atoms with van der Waals surface area (Å²) in [4.78, 5) is 0. The molecule has 0 saturated heterocycles. The van der Waals surface area contributed by atoms with Gasteiger partial charge in [-0.1, -0.05) is 45.9 Å². The average molecular weight is 387 g/mol. The number of nitrogen functional groups attached to an aromatic ring is 2. The summed E-state index contributed by atoms with van der Waals surface area (Å²) in [5.41, 5.74) is 26.0. The number of benzene rings is 3. The van der Waals surface area contributed by atoms with Gasteiger partial charge in [0, 0.05) is 11.4 Å². The van der Waals surface area contributed by atoms with E-state index in [0.29, 0.717) is 0 Å². The summed E-state index contributed by atoms with van der Waals surface area (Å²) < 4.78 is 0. The van der Waals surface area contributed by atoms with E-state index in [1.54, 1.807) is 0 Å². The highest BCUT2D eigenvalue weighted by Crippen LogP contribution is 2.39. The van der Waals surface area contributed by atoms with Gasteiger partial charge in [-0.2, -0.15) is 0 Å². The van der Waals surface area contributed by atoms with Crippen LogP contribution in [-0.4, -0.2) is 0 Å². The molecule has 2 nitrogen and oxygen atoms in total. The van der Waals surface area contributed by atoms with E-state index in [9.17, 15) is 0 Å². The molecule has 3 aromatic carbocycles. The first-order valence-corrected chi connectivity index (χ1v) is 10.9. The molecular formula is C27H34N2. The first-order chi connectivity index (χ1) is 13.9. The quantitative estimate of drug-likeness (QED) is 0.461. The van der Waals surface area contributed by atoms with Crippen LogP contribution in [0.4, 0.5) is 11.4 Å². The van der Waals surface area contributed by atoms with Gasteiger partial charge >= 0.3 is 0 Å². The molecule has 29 heavy (non-hydrogen) atoms. The predicted octanol–water partition coefficient (Wildman–Crippen LogP) is 6.74. The third-order valence-electron chi connectivity index (χ3n) is 6.10. The standard InChI is InChI=1S/C27H34N2/c1-6-18-13-22(14-19(7-2)26(18)28)24-12-10-11-17(5)25(24)23-15-20(8-3)27(29)21(9-4)16-23/h10-16H,6-9,28-29H2,1-5H3. The van der Waals surface area contributed by atoms with Crippen molar-refractivity contribution in [3.8, 4) is 22.3 Å². The predicted molar refractivity (Wildman–Crippen MR) is 128 cm³/mol. The van der Waals surface area contributed by atoms with Crippen LogP contribution < -0.4 is 11.5 Å². The van der Waals surface area contributed by atoms with E-state index < -0.39 is 0 Å². The minimum absolute atomic E-state index is 0.940. The number of anilines is 2. The summed E-state index contributed by atoms with van der Waals surface area (Å²) in [5, 5.41) is 0. The highest BCUT2D eigenvalue weighted by atomic mass is 14.6. The Morgan fingerprint density at radius 2 is 1.03 bits per heavy atom. The number of hydrogen-bond donors (Lipinski definition) is 2. The van der Waals surface area contributed by atoms with Crippen molar-refractivity contribution in [2.75, 3.05) is 11.5 Å². The topological polar surface area (TPSA) is 52.0 Å². The van der Waals surface area contributed by atoms with Gasteiger partial charge in [0.2, 0.25) is 0 Å². The minimum Gasteiger partial charge on any atom is -0.398 e. The Hall–Kier alpha value is -2.74. The highest BCUT2D eigenvalue weighted by molar-refractivity contribution is 5.88. The van der Waals surface area contributed by atoms with Crippen molar-refractivity contribution >= 4 is 11.4 Å². The molecule has 0 amide bonds. The van der Waals surface area contributed by atoms with Crippen molar-refractivity contribution in [1.29, 1.82) is 0 Å². The number of rotatable bonds is 6. The molecule has 0 radical (unpaired) electrons. The van der Waals surface area contributed by atoms with Gasteiger partial charge in [0.25, 0.3) is 0 Å². The zero-order chi connectivity index (χ0) is 21.1. The van der Waals surface area contributed by atoms with Crippen molar-refractivity contribution in [2.45, 2.75) is 60.3 Å². The summed E-state index contributed by atoms with van der Waals surface area (Å²) in [5.74, 6) is 0. The zero-order valence-corrected chi connectivity index (χ0v) is 18.5. The molecule has 0 aromatic heterocycles. The molecule has 3 rings (SSSR count). The maximum atomic E-state index is 6.42. The Morgan fingerprint density at radius 1 is 0.621 bits per heavy atom. The smallest absolute Gasteiger partial charge is 0.0379 e. The molecule has 3 aromatic rings. The molecule has 0 bridgehead atoms. The van der Waals surface area contributed by atoms with Crippen LogP contribution in [0.25, 0.3) is 22.3 Å². The van der Waals surface area contributed by atoms with Crippen molar-refractivity contribution < 1.29 is 0 Å². The molecule has 0 spiro atoms. The van der Waals surface area contributed by atoms with Gasteiger partial charge < -0.3 is 11.5 Å². The van der Waals surface area contributed by atoms with E-state index in [-0.39, 0.29) is 0 Å². The van der Waals surface area contributed by atoms with E-state index in [1.807, 2.05) is 0 Å². The number of aryl methyl sites for hydroxylation is 5. The molecule has 0 fully saturated rings. The van der Waals surface area contributed by atoms with Gasteiger partial charge in [-0.3, -0.25) is 0 Å². The van der Waals surface area contributed by atoms with Gasteiger partial charge in [0.15, 0.2) is 0 Å². The third-order valence-corrected chi connectivity index (χ3v) is 6.10. The van der Waals surface area contributed by atoms with E-state index in [0.717, 1.165) is 37.1 Å². The van der Waals surface area contributed by atoms with Crippen LogP contribution in [0.15, 0.2) is 42.5 Å². The Kier molecular flexibility index (Phi) is 6.32. The molecule has 0 atom stereocenters. The van der Waals surface area contributed by atoms with E-state index in [4.69, 9.17) is 11.5 Å². The van der Waals surface area contributed by atoms with Gasteiger partial charge in [-0.05, 0) is 107 Å². The normalized spacial score (nSPS) is 11.1. The Morgan fingerprint density at radius 3 is 1.45 bits per heavy atom. The van der Waals surface area contributed by atoms with Crippen molar-refractivity contribution in [2.24, 2.45) is 0 Å². The zero-order valence-electron chi connectivity index (χ0n) is 18.5. The Labute approximate surface area is 176 Å². The van der Waals surface area contributed by atoms with Crippen LogP contribution in [0.3, 0.4) is 0 Å². The molecule has 2 heteroatoms. The minimum atomic E-state index is 0.940. The fraction of sp³-hybridized carbons (Fsp3) is 0.333. The molecule has 0 heterocycles. The summed E-state index contributed by atoms with van der Waals surface area (Å²) in [6.07, 6.45) is 3.76. The first-order valence-electron chi connectivity index (χ1n) is 10.9. The van der Waals surface area contributed by atoms with E-state index >= 15 is 0 Å². The van der Waals surface area contributed by atoms with Crippen LogP contribution in [-0.2, 0) is 25.7 Å². The van der Waals surface area contributed by atoms with Crippen LogP contribution in [0.5, 0.6) is 0 Å². The lowest BCUT2D eigenvalue weighted by molar-refractivity contribution is 1.09. The molecule has 4 N–H and O–H groups in total. The third kappa shape index (κ3) is 3.89. The maximum absolute atomic E-state index is 6.42. The number of hydrogen-bond acceptors (Lipinski definition) is 2.